The Morgan fingerprint density at radius 2 is 1.82 bits per heavy atom. The first-order valence-electron chi connectivity index (χ1n) is 10.9. The normalized spacial score (nSPS) is 16.6. The molecule has 2 aliphatic rings. The number of aryl methyl sites for hydroxylation is 1. The van der Waals surface area contributed by atoms with Crippen molar-refractivity contribution < 1.29 is 31.8 Å². The van der Waals surface area contributed by atoms with Crippen LogP contribution in [0.2, 0.25) is 0 Å². The number of rotatable bonds is 8. The molecule has 0 spiro atoms. The predicted molar refractivity (Wildman–Crippen MR) is 118 cm³/mol. The zero-order valence-corrected chi connectivity index (χ0v) is 19.0. The van der Waals surface area contributed by atoms with Crippen molar-refractivity contribution in [3.05, 3.63) is 58.9 Å². The highest BCUT2D eigenvalue weighted by Crippen LogP contribution is 2.29. The first-order valence-corrected chi connectivity index (χ1v) is 12.3. The summed E-state index contributed by atoms with van der Waals surface area (Å²) in [7, 11) is -3.53. The summed E-state index contributed by atoms with van der Waals surface area (Å²) >= 11 is 0. The van der Waals surface area contributed by atoms with Crippen molar-refractivity contribution in [2.45, 2.75) is 30.8 Å². The van der Waals surface area contributed by atoms with Gasteiger partial charge in [-0.05, 0) is 48.2 Å². The standard InChI is InChI=1S/C23H27FN2O6S/c24-20-13-18(23-19(14-20)15-31-16-32-23)7-8-25-22(27)6-3-17-1-4-21(5-2-17)33(28,29)26-9-11-30-12-10-26/h1-2,4-5,13-14H,3,6-12,15-16H2,(H,25,27). The SMILES string of the molecule is O=C(CCc1ccc(S(=O)(=O)N2CCOCC2)cc1)NCCc1cc(F)cc2c1OCOC2. The molecule has 0 saturated carbocycles. The van der Waals surface area contributed by atoms with Crippen molar-refractivity contribution in [2.75, 3.05) is 39.6 Å². The van der Waals surface area contributed by atoms with Crippen LogP contribution >= 0.6 is 0 Å². The van der Waals surface area contributed by atoms with Crippen LogP contribution in [-0.4, -0.2) is 58.3 Å². The summed E-state index contributed by atoms with van der Waals surface area (Å²) in [4.78, 5) is 12.5. The molecule has 4 rings (SSSR count). The van der Waals surface area contributed by atoms with Gasteiger partial charge in [0.2, 0.25) is 15.9 Å². The van der Waals surface area contributed by atoms with Crippen LogP contribution in [0.5, 0.6) is 5.75 Å². The number of nitrogens with zero attached hydrogens (tertiary/aromatic N) is 1. The van der Waals surface area contributed by atoms with Gasteiger partial charge in [-0.3, -0.25) is 4.79 Å². The van der Waals surface area contributed by atoms with Crippen LogP contribution in [0.25, 0.3) is 0 Å². The van der Waals surface area contributed by atoms with Gasteiger partial charge in [-0.2, -0.15) is 4.31 Å². The fourth-order valence-corrected chi connectivity index (χ4v) is 5.30. The van der Waals surface area contributed by atoms with Crippen molar-refractivity contribution in [1.82, 2.24) is 9.62 Å². The third kappa shape index (κ3) is 5.89. The first kappa shape index (κ1) is 23.6. The van der Waals surface area contributed by atoms with Crippen LogP contribution in [0.1, 0.15) is 23.1 Å². The molecule has 0 aliphatic carbocycles. The van der Waals surface area contributed by atoms with E-state index in [1.807, 2.05) is 0 Å². The van der Waals surface area contributed by atoms with Crippen LogP contribution < -0.4 is 10.1 Å². The topological polar surface area (TPSA) is 94.2 Å². The number of ether oxygens (including phenoxy) is 3. The van der Waals surface area contributed by atoms with E-state index in [-0.39, 0.29) is 29.8 Å². The molecule has 8 nitrogen and oxygen atoms in total. The average molecular weight is 479 g/mol. The van der Waals surface area contributed by atoms with Gasteiger partial charge in [0.1, 0.15) is 11.6 Å². The summed E-state index contributed by atoms with van der Waals surface area (Å²) in [5.41, 5.74) is 2.24. The Morgan fingerprint density at radius 3 is 2.58 bits per heavy atom. The van der Waals surface area contributed by atoms with Crippen molar-refractivity contribution >= 4 is 15.9 Å². The van der Waals surface area contributed by atoms with Gasteiger partial charge in [0.05, 0.1) is 24.7 Å². The molecular weight excluding hydrogens is 451 g/mol. The number of carbonyl (C=O) groups is 1. The van der Waals surface area contributed by atoms with E-state index >= 15 is 0 Å². The Kier molecular flexibility index (Phi) is 7.59. The molecular formula is C23H27FN2O6S. The van der Waals surface area contributed by atoms with E-state index in [1.54, 1.807) is 24.3 Å². The van der Waals surface area contributed by atoms with E-state index < -0.39 is 10.0 Å². The van der Waals surface area contributed by atoms with E-state index in [0.29, 0.717) is 69.2 Å². The second kappa shape index (κ2) is 10.6. The van der Waals surface area contributed by atoms with Gasteiger partial charge >= 0.3 is 0 Å². The van der Waals surface area contributed by atoms with E-state index in [2.05, 4.69) is 5.32 Å². The minimum atomic E-state index is -3.53. The highest BCUT2D eigenvalue weighted by Gasteiger charge is 2.26. The number of morpholine rings is 1. The highest BCUT2D eigenvalue weighted by molar-refractivity contribution is 7.89. The Hall–Kier alpha value is -2.53. The van der Waals surface area contributed by atoms with Crippen LogP contribution in [0.15, 0.2) is 41.3 Å². The van der Waals surface area contributed by atoms with Crippen molar-refractivity contribution in [3.8, 4) is 5.75 Å². The summed E-state index contributed by atoms with van der Waals surface area (Å²) < 4.78 is 56.5. The van der Waals surface area contributed by atoms with Crippen LogP contribution in [-0.2, 0) is 43.7 Å². The molecule has 1 N–H and O–H groups in total. The number of sulfonamides is 1. The maximum absolute atomic E-state index is 13.8. The highest BCUT2D eigenvalue weighted by atomic mass is 32.2. The summed E-state index contributed by atoms with van der Waals surface area (Å²) in [6.07, 6.45) is 1.20. The Labute approximate surface area is 192 Å². The van der Waals surface area contributed by atoms with Gasteiger partial charge in [-0.15, -0.1) is 0 Å². The van der Waals surface area contributed by atoms with Crippen molar-refractivity contribution in [1.29, 1.82) is 0 Å². The molecule has 2 aromatic carbocycles. The molecule has 1 amide bonds. The molecule has 0 aromatic heterocycles. The number of nitrogens with one attached hydrogen (secondary N) is 1. The van der Waals surface area contributed by atoms with Crippen molar-refractivity contribution in [3.63, 3.8) is 0 Å². The number of benzene rings is 2. The number of halogens is 1. The van der Waals surface area contributed by atoms with Gasteiger partial charge in [0.25, 0.3) is 0 Å². The van der Waals surface area contributed by atoms with E-state index in [1.165, 1.54) is 16.4 Å². The third-order valence-corrected chi connectivity index (χ3v) is 7.55. The van der Waals surface area contributed by atoms with Crippen molar-refractivity contribution in [2.24, 2.45) is 0 Å². The fraction of sp³-hybridized carbons (Fsp3) is 0.435. The van der Waals surface area contributed by atoms with Gasteiger partial charge in [-0.25, -0.2) is 12.8 Å². The molecule has 33 heavy (non-hydrogen) atoms. The van der Waals surface area contributed by atoms with Gasteiger partial charge in [-0.1, -0.05) is 12.1 Å². The molecule has 0 unspecified atom stereocenters. The lowest BCUT2D eigenvalue weighted by atomic mass is 10.1. The molecule has 2 aromatic rings. The van der Waals surface area contributed by atoms with Gasteiger partial charge < -0.3 is 19.5 Å². The predicted octanol–water partition coefficient (Wildman–Crippen LogP) is 2.00. The Bertz CT molecular complexity index is 1080. The molecule has 0 radical (unpaired) electrons. The molecule has 1 fully saturated rings. The maximum atomic E-state index is 13.8. The average Bonchev–Trinajstić information content (AvgIpc) is 2.83. The second-order valence-corrected chi connectivity index (χ2v) is 9.86. The quantitative estimate of drug-likeness (QED) is 0.624. The summed E-state index contributed by atoms with van der Waals surface area (Å²) in [5, 5.41) is 2.84. The lowest BCUT2D eigenvalue weighted by Gasteiger charge is -2.26. The minimum Gasteiger partial charge on any atom is -0.467 e. The van der Waals surface area contributed by atoms with E-state index in [0.717, 1.165) is 5.56 Å². The fourth-order valence-electron chi connectivity index (χ4n) is 3.89. The van der Waals surface area contributed by atoms with Gasteiger partial charge in [0.15, 0.2) is 6.79 Å². The molecule has 10 heteroatoms. The molecule has 2 heterocycles. The van der Waals surface area contributed by atoms with E-state index in [9.17, 15) is 17.6 Å². The summed E-state index contributed by atoms with van der Waals surface area (Å²) in [6, 6.07) is 9.44. The Balaban J connectivity index is 1.25. The van der Waals surface area contributed by atoms with Crippen LogP contribution in [0.3, 0.4) is 0 Å². The van der Waals surface area contributed by atoms with Crippen LogP contribution in [0, 0.1) is 5.82 Å². The molecule has 2 aliphatic heterocycles. The summed E-state index contributed by atoms with van der Waals surface area (Å²) in [6.45, 7) is 2.29. The number of hydrogen-bond donors (Lipinski definition) is 1. The smallest absolute Gasteiger partial charge is 0.243 e. The summed E-state index contributed by atoms with van der Waals surface area (Å²) in [5.74, 6) is 0.141. The first-order chi connectivity index (χ1) is 15.9. The zero-order valence-electron chi connectivity index (χ0n) is 18.2. The largest absolute Gasteiger partial charge is 0.467 e. The number of carbonyl (C=O) groups excluding carboxylic acids is 1. The lowest BCUT2D eigenvalue weighted by Crippen LogP contribution is -2.40. The third-order valence-electron chi connectivity index (χ3n) is 5.64. The zero-order chi connectivity index (χ0) is 23.3. The van der Waals surface area contributed by atoms with E-state index in [4.69, 9.17) is 14.2 Å². The monoisotopic (exact) mass is 478 g/mol. The molecule has 178 valence electrons. The van der Waals surface area contributed by atoms with Crippen LogP contribution in [0.4, 0.5) is 4.39 Å². The lowest BCUT2D eigenvalue weighted by molar-refractivity contribution is -0.121. The number of amides is 1. The maximum Gasteiger partial charge on any atom is 0.243 e. The van der Waals surface area contributed by atoms with Gasteiger partial charge in [0, 0.05) is 31.6 Å². The Morgan fingerprint density at radius 1 is 1.06 bits per heavy atom. The molecule has 0 bridgehead atoms. The number of fused-ring (bicyclic) bond motifs is 1. The molecule has 1 saturated heterocycles. The molecule has 0 atom stereocenters. The minimum absolute atomic E-state index is 0.129. The second-order valence-electron chi connectivity index (χ2n) is 7.92. The number of hydrogen-bond acceptors (Lipinski definition) is 6.